The van der Waals surface area contributed by atoms with E-state index in [1.54, 1.807) is 4.90 Å². The molecule has 110 valence electrons. The molecular formula is C16H24N2O2. The van der Waals surface area contributed by atoms with E-state index in [1.807, 2.05) is 30.3 Å². The molecule has 0 bridgehead atoms. The average Bonchev–Trinajstić information content (AvgIpc) is 2.53. The molecule has 4 heteroatoms. The van der Waals surface area contributed by atoms with Gasteiger partial charge in [-0.05, 0) is 36.8 Å². The van der Waals surface area contributed by atoms with E-state index in [9.17, 15) is 4.79 Å². The van der Waals surface area contributed by atoms with Gasteiger partial charge in [0.1, 0.15) is 6.61 Å². The number of ether oxygens (including phenoxy) is 1. The fourth-order valence-electron chi connectivity index (χ4n) is 2.68. The minimum absolute atomic E-state index is 0.212. The molecule has 0 aliphatic carbocycles. The Bertz CT molecular complexity index is 419. The van der Waals surface area contributed by atoms with Crippen molar-refractivity contribution in [2.24, 2.45) is 11.1 Å². The van der Waals surface area contributed by atoms with E-state index >= 15 is 0 Å². The van der Waals surface area contributed by atoms with Crippen molar-refractivity contribution in [1.29, 1.82) is 0 Å². The third kappa shape index (κ3) is 3.51. The zero-order chi connectivity index (χ0) is 14.4. The monoisotopic (exact) mass is 276 g/mol. The summed E-state index contributed by atoms with van der Waals surface area (Å²) < 4.78 is 5.36. The van der Waals surface area contributed by atoms with E-state index in [-0.39, 0.29) is 11.5 Å². The Balaban J connectivity index is 1.80. The van der Waals surface area contributed by atoms with E-state index in [1.165, 1.54) is 0 Å². The van der Waals surface area contributed by atoms with Crippen LogP contribution >= 0.6 is 0 Å². The molecule has 1 fully saturated rings. The van der Waals surface area contributed by atoms with Crippen LogP contribution in [-0.2, 0) is 11.3 Å². The predicted octanol–water partition coefficient (Wildman–Crippen LogP) is 2.77. The van der Waals surface area contributed by atoms with Gasteiger partial charge in [-0.3, -0.25) is 0 Å². The van der Waals surface area contributed by atoms with Gasteiger partial charge in [0, 0.05) is 13.1 Å². The zero-order valence-electron chi connectivity index (χ0n) is 12.2. The molecule has 1 aliphatic heterocycles. The molecule has 1 heterocycles. The topological polar surface area (TPSA) is 55.6 Å². The summed E-state index contributed by atoms with van der Waals surface area (Å²) in [5.41, 5.74) is 7.11. The van der Waals surface area contributed by atoms with Gasteiger partial charge in [0.15, 0.2) is 0 Å². The van der Waals surface area contributed by atoms with Crippen molar-refractivity contribution in [3.63, 3.8) is 0 Å². The van der Waals surface area contributed by atoms with Crippen molar-refractivity contribution < 1.29 is 9.53 Å². The number of hydrogen-bond donors (Lipinski definition) is 1. The lowest BCUT2D eigenvalue weighted by atomic mass is 9.76. The number of piperidine rings is 1. The summed E-state index contributed by atoms with van der Waals surface area (Å²) in [6.45, 7) is 4.72. The molecule has 0 unspecified atom stereocenters. The van der Waals surface area contributed by atoms with Crippen LogP contribution in [0.25, 0.3) is 0 Å². The molecule has 1 aliphatic rings. The standard InChI is InChI=1S/C16H24N2O2/c1-2-16(13-17)8-10-18(11-9-16)15(19)20-12-14-6-4-3-5-7-14/h3-7H,2,8-13,17H2,1H3. The molecule has 0 aromatic heterocycles. The number of rotatable bonds is 4. The highest BCUT2D eigenvalue weighted by atomic mass is 16.6. The minimum atomic E-state index is -0.212. The van der Waals surface area contributed by atoms with Gasteiger partial charge in [0.2, 0.25) is 0 Å². The summed E-state index contributed by atoms with van der Waals surface area (Å²) in [5, 5.41) is 0. The summed E-state index contributed by atoms with van der Waals surface area (Å²) in [6, 6.07) is 9.76. The van der Waals surface area contributed by atoms with E-state index < -0.39 is 0 Å². The van der Waals surface area contributed by atoms with Crippen LogP contribution in [0.4, 0.5) is 4.79 Å². The molecule has 1 saturated heterocycles. The number of carbonyl (C=O) groups excluding carboxylic acids is 1. The highest BCUT2D eigenvalue weighted by Gasteiger charge is 2.33. The maximum atomic E-state index is 12.0. The van der Waals surface area contributed by atoms with Gasteiger partial charge in [-0.2, -0.15) is 0 Å². The van der Waals surface area contributed by atoms with Gasteiger partial charge in [0.05, 0.1) is 0 Å². The van der Waals surface area contributed by atoms with Crippen molar-refractivity contribution in [3.8, 4) is 0 Å². The van der Waals surface area contributed by atoms with Crippen LogP contribution in [0, 0.1) is 5.41 Å². The predicted molar refractivity (Wildman–Crippen MR) is 79.2 cm³/mol. The maximum absolute atomic E-state index is 12.0. The molecule has 0 atom stereocenters. The lowest BCUT2D eigenvalue weighted by molar-refractivity contribution is 0.0621. The lowest BCUT2D eigenvalue weighted by Crippen LogP contribution is -2.46. The summed E-state index contributed by atoms with van der Waals surface area (Å²) >= 11 is 0. The number of benzene rings is 1. The van der Waals surface area contributed by atoms with Crippen LogP contribution in [0.15, 0.2) is 30.3 Å². The number of amides is 1. The first-order valence-electron chi connectivity index (χ1n) is 7.35. The van der Waals surface area contributed by atoms with E-state index in [0.717, 1.165) is 37.9 Å². The zero-order valence-corrected chi connectivity index (χ0v) is 12.2. The third-order valence-electron chi connectivity index (χ3n) is 4.47. The maximum Gasteiger partial charge on any atom is 0.410 e. The minimum Gasteiger partial charge on any atom is -0.445 e. The molecule has 1 aromatic carbocycles. The average molecular weight is 276 g/mol. The Morgan fingerprint density at radius 2 is 1.95 bits per heavy atom. The molecule has 2 N–H and O–H groups in total. The normalized spacial score (nSPS) is 17.8. The van der Waals surface area contributed by atoms with Crippen LogP contribution in [-0.4, -0.2) is 30.6 Å². The Morgan fingerprint density at radius 1 is 1.30 bits per heavy atom. The van der Waals surface area contributed by atoms with Crippen molar-refractivity contribution in [1.82, 2.24) is 4.90 Å². The molecule has 0 spiro atoms. The third-order valence-corrected chi connectivity index (χ3v) is 4.47. The smallest absolute Gasteiger partial charge is 0.410 e. The second-order valence-corrected chi connectivity index (χ2v) is 5.58. The Labute approximate surface area is 120 Å². The number of hydrogen-bond acceptors (Lipinski definition) is 3. The Kier molecular flexibility index (Phi) is 5.01. The SMILES string of the molecule is CCC1(CN)CCN(C(=O)OCc2ccccc2)CC1. The highest BCUT2D eigenvalue weighted by Crippen LogP contribution is 2.33. The first-order valence-corrected chi connectivity index (χ1v) is 7.35. The largest absolute Gasteiger partial charge is 0.445 e. The first-order chi connectivity index (χ1) is 9.69. The molecule has 1 aromatic rings. The summed E-state index contributed by atoms with van der Waals surface area (Å²) in [7, 11) is 0. The van der Waals surface area contributed by atoms with Crippen LogP contribution in [0.2, 0.25) is 0 Å². The second kappa shape index (κ2) is 6.75. The molecule has 20 heavy (non-hydrogen) atoms. The number of carbonyl (C=O) groups is 1. The van der Waals surface area contributed by atoms with E-state index in [2.05, 4.69) is 6.92 Å². The Hall–Kier alpha value is -1.55. The van der Waals surface area contributed by atoms with Gasteiger partial charge in [-0.15, -0.1) is 0 Å². The van der Waals surface area contributed by atoms with E-state index in [0.29, 0.717) is 13.2 Å². The van der Waals surface area contributed by atoms with Gasteiger partial charge in [-0.1, -0.05) is 37.3 Å². The van der Waals surface area contributed by atoms with Gasteiger partial charge >= 0.3 is 6.09 Å². The van der Waals surface area contributed by atoms with Gasteiger partial charge in [-0.25, -0.2) is 4.79 Å². The van der Waals surface area contributed by atoms with Gasteiger partial charge < -0.3 is 15.4 Å². The number of likely N-dealkylation sites (tertiary alicyclic amines) is 1. The first kappa shape index (κ1) is 14.9. The molecule has 0 saturated carbocycles. The van der Waals surface area contributed by atoms with Crippen molar-refractivity contribution in [2.45, 2.75) is 32.8 Å². The number of nitrogens with two attached hydrogens (primary N) is 1. The molecule has 4 nitrogen and oxygen atoms in total. The fraction of sp³-hybridized carbons (Fsp3) is 0.562. The van der Waals surface area contributed by atoms with Crippen LogP contribution in [0.5, 0.6) is 0 Å². The molecular weight excluding hydrogens is 252 g/mol. The second-order valence-electron chi connectivity index (χ2n) is 5.58. The number of nitrogens with zero attached hydrogens (tertiary/aromatic N) is 1. The van der Waals surface area contributed by atoms with Crippen molar-refractivity contribution in [3.05, 3.63) is 35.9 Å². The highest BCUT2D eigenvalue weighted by molar-refractivity contribution is 5.67. The molecule has 1 amide bonds. The van der Waals surface area contributed by atoms with Gasteiger partial charge in [0.25, 0.3) is 0 Å². The van der Waals surface area contributed by atoms with Crippen LogP contribution < -0.4 is 5.73 Å². The van der Waals surface area contributed by atoms with Crippen molar-refractivity contribution in [2.75, 3.05) is 19.6 Å². The Morgan fingerprint density at radius 3 is 2.50 bits per heavy atom. The quantitative estimate of drug-likeness (QED) is 0.920. The van der Waals surface area contributed by atoms with Crippen LogP contribution in [0.3, 0.4) is 0 Å². The summed E-state index contributed by atoms with van der Waals surface area (Å²) in [6.07, 6.45) is 2.81. The lowest BCUT2D eigenvalue weighted by Gasteiger charge is -2.40. The molecule has 2 rings (SSSR count). The summed E-state index contributed by atoms with van der Waals surface area (Å²) in [5.74, 6) is 0. The van der Waals surface area contributed by atoms with Crippen molar-refractivity contribution >= 4 is 6.09 Å². The van der Waals surface area contributed by atoms with Crippen LogP contribution in [0.1, 0.15) is 31.7 Å². The fourth-order valence-corrected chi connectivity index (χ4v) is 2.68. The van der Waals surface area contributed by atoms with E-state index in [4.69, 9.17) is 10.5 Å². The summed E-state index contributed by atoms with van der Waals surface area (Å²) in [4.78, 5) is 13.8. The molecule has 0 radical (unpaired) electrons.